The minimum atomic E-state index is -0.102. The van der Waals surface area contributed by atoms with Crippen molar-refractivity contribution in [1.82, 2.24) is 0 Å². The van der Waals surface area contributed by atoms with E-state index in [1.54, 1.807) is 0 Å². The topological polar surface area (TPSA) is 60.7 Å². The highest BCUT2D eigenvalue weighted by Gasteiger charge is 1.87. The van der Waals surface area contributed by atoms with Gasteiger partial charge in [0.1, 0.15) is 0 Å². The molecule has 0 saturated carbocycles. The lowest BCUT2D eigenvalue weighted by molar-refractivity contribution is 0.183. The fourth-order valence-electron chi connectivity index (χ4n) is 0.418. The molecular weight excluding hydrogens is 132 g/mol. The summed E-state index contributed by atoms with van der Waals surface area (Å²) in [5, 5.41) is 22.6. The molecule has 0 saturated heterocycles. The van der Waals surface area contributed by atoms with Gasteiger partial charge in [0.15, 0.2) is 0 Å². The summed E-state index contributed by atoms with van der Waals surface area (Å²) in [6.07, 6.45) is 1.91. The molecule has 1 atom stereocenters. The van der Waals surface area contributed by atoms with Crippen LogP contribution in [0, 0.1) is 0 Å². The first kappa shape index (κ1) is 16.5. The Balaban J connectivity index is -0.000000105. The summed E-state index contributed by atoms with van der Waals surface area (Å²) in [5.41, 5.74) is 0. The average Bonchev–Trinajstić information content (AvgIpc) is 1.96. The van der Waals surface area contributed by atoms with Crippen LogP contribution in [0.1, 0.15) is 26.7 Å². The number of rotatable bonds is 2. The first-order valence-corrected chi connectivity index (χ1v) is 3.35. The molecule has 1 unspecified atom stereocenters. The molecule has 3 heteroatoms. The number of aliphatic hydroxyl groups is 3. The summed E-state index contributed by atoms with van der Waals surface area (Å²) in [6, 6.07) is 0. The Hall–Kier alpha value is -0.120. The zero-order valence-corrected chi connectivity index (χ0v) is 7.33. The first-order chi connectivity index (χ1) is 4.77. The van der Waals surface area contributed by atoms with Crippen molar-refractivity contribution in [1.29, 1.82) is 0 Å². The van der Waals surface area contributed by atoms with Gasteiger partial charge in [-0.15, -0.1) is 0 Å². The van der Waals surface area contributed by atoms with Crippen LogP contribution in [0.25, 0.3) is 0 Å². The van der Waals surface area contributed by atoms with Crippen LogP contribution in [0.3, 0.4) is 0 Å². The van der Waals surface area contributed by atoms with Crippen LogP contribution in [0.4, 0.5) is 0 Å². The lowest BCUT2D eigenvalue weighted by Crippen LogP contribution is -1.95. The Morgan fingerprint density at radius 1 is 1.10 bits per heavy atom. The van der Waals surface area contributed by atoms with Crippen molar-refractivity contribution in [3.05, 3.63) is 0 Å². The number of aliphatic hydroxyl groups excluding tert-OH is 3. The fourth-order valence-corrected chi connectivity index (χ4v) is 0.418. The van der Waals surface area contributed by atoms with E-state index in [0.717, 1.165) is 27.1 Å². The molecule has 0 aromatic heterocycles. The van der Waals surface area contributed by atoms with Gasteiger partial charge in [-0.2, -0.15) is 0 Å². The predicted octanol–water partition coefficient (Wildman–Crippen LogP) is 0.384. The van der Waals surface area contributed by atoms with Crippen LogP contribution in [0.2, 0.25) is 0 Å². The minimum absolute atomic E-state index is 0.102. The first-order valence-electron chi connectivity index (χ1n) is 3.35. The van der Waals surface area contributed by atoms with Gasteiger partial charge in [-0.05, 0) is 13.3 Å². The Kier molecular flexibility index (Phi) is 38.1. The molecule has 0 aliphatic heterocycles. The van der Waals surface area contributed by atoms with Gasteiger partial charge >= 0.3 is 0 Å². The summed E-state index contributed by atoms with van der Waals surface area (Å²) in [6.45, 7) is 3.87. The number of hydrogen-bond acceptors (Lipinski definition) is 3. The molecule has 0 rings (SSSR count). The van der Waals surface area contributed by atoms with Crippen molar-refractivity contribution >= 4 is 0 Å². The van der Waals surface area contributed by atoms with Gasteiger partial charge in [0.2, 0.25) is 0 Å². The van der Waals surface area contributed by atoms with Gasteiger partial charge < -0.3 is 15.3 Å². The van der Waals surface area contributed by atoms with Crippen molar-refractivity contribution in [2.24, 2.45) is 0 Å². The molecule has 3 nitrogen and oxygen atoms in total. The highest BCUT2D eigenvalue weighted by Crippen LogP contribution is 1.91. The Labute approximate surface area is 63.3 Å². The molecule has 0 aliphatic carbocycles. The monoisotopic (exact) mass is 152 g/mol. The molecule has 0 heterocycles. The van der Waals surface area contributed by atoms with Gasteiger partial charge in [0.25, 0.3) is 0 Å². The Morgan fingerprint density at radius 2 is 1.40 bits per heavy atom. The largest absolute Gasteiger partial charge is 0.400 e. The average molecular weight is 152 g/mol. The fraction of sp³-hybridized carbons (Fsp3) is 1.00. The normalized spacial score (nSPS) is 9.90. The van der Waals surface area contributed by atoms with Gasteiger partial charge in [0, 0.05) is 14.2 Å². The van der Waals surface area contributed by atoms with E-state index in [-0.39, 0.29) is 6.10 Å². The van der Waals surface area contributed by atoms with E-state index >= 15 is 0 Å². The van der Waals surface area contributed by atoms with E-state index in [1.807, 2.05) is 6.92 Å². The standard InChI is InChI=1S/C5H12O.2CH4O/c1-3-4-5(2)6;2*1-2/h5-6H,3-4H2,1-2H3;2*2H,1H3. The van der Waals surface area contributed by atoms with Crippen molar-refractivity contribution in [2.75, 3.05) is 14.2 Å². The van der Waals surface area contributed by atoms with Gasteiger partial charge in [-0.1, -0.05) is 13.3 Å². The zero-order valence-electron chi connectivity index (χ0n) is 7.33. The Bertz CT molecular complexity index is 30.0. The van der Waals surface area contributed by atoms with Crippen LogP contribution < -0.4 is 0 Å². The zero-order chi connectivity index (χ0) is 8.99. The highest BCUT2D eigenvalue weighted by molar-refractivity contribution is 4.40. The lowest BCUT2D eigenvalue weighted by Gasteiger charge is -1.95. The second-order valence-electron chi connectivity index (χ2n) is 1.64. The quantitative estimate of drug-likeness (QED) is 0.536. The van der Waals surface area contributed by atoms with Crippen LogP contribution in [-0.2, 0) is 0 Å². The molecule has 0 fully saturated rings. The van der Waals surface area contributed by atoms with E-state index in [1.165, 1.54) is 0 Å². The van der Waals surface area contributed by atoms with E-state index in [4.69, 9.17) is 15.3 Å². The molecule has 0 bridgehead atoms. The third kappa shape index (κ3) is 45.0. The molecule has 66 valence electrons. The van der Waals surface area contributed by atoms with Crippen LogP contribution in [-0.4, -0.2) is 35.6 Å². The van der Waals surface area contributed by atoms with Crippen molar-refractivity contribution in [3.63, 3.8) is 0 Å². The second kappa shape index (κ2) is 23.2. The van der Waals surface area contributed by atoms with Crippen LogP contribution in [0.5, 0.6) is 0 Å². The molecule has 3 N–H and O–H groups in total. The summed E-state index contributed by atoms with van der Waals surface area (Å²) in [7, 11) is 2.00. The van der Waals surface area contributed by atoms with E-state index < -0.39 is 0 Å². The van der Waals surface area contributed by atoms with Crippen LogP contribution in [0.15, 0.2) is 0 Å². The van der Waals surface area contributed by atoms with E-state index in [2.05, 4.69) is 6.92 Å². The summed E-state index contributed by atoms with van der Waals surface area (Å²) in [5.74, 6) is 0. The summed E-state index contributed by atoms with van der Waals surface area (Å²) < 4.78 is 0. The second-order valence-corrected chi connectivity index (χ2v) is 1.64. The SMILES string of the molecule is CCCC(C)O.CO.CO. The van der Waals surface area contributed by atoms with E-state index in [0.29, 0.717) is 0 Å². The molecule has 0 spiro atoms. The van der Waals surface area contributed by atoms with Crippen molar-refractivity contribution < 1.29 is 15.3 Å². The van der Waals surface area contributed by atoms with Crippen LogP contribution >= 0.6 is 0 Å². The Morgan fingerprint density at radius 3 is 1.40 bits per heavy atom. The maximum atomic E-state index is 8.55. The predicted molar refractivity (Wildman–Crippen MR) is 42.9 cm³/mol. The van der Waals surface area contributed by atoms with E-state index in [9.17, 15) is 0 Å². The maximum Gasteiger partial charge on any atom is 0.0512 e. The minimum Gasteiger partial charge on any atom is -0.400 e. The van der Waals surface area contributed by atoms with Gasteiger partial charge in [0.05, 0.1) is 6.10 Å². The third-order valence-corrected chi connectivity index (χ3v) is 0.706. The summed E-state index contributed by atoms with van der Waals surface area (Å²) >= 11 is 0. The molecule has 0 aromatic carbocycles. The molecule has 0 radical (unpaired) electrons. The number of hydrogen-bond donors (Lipinski definition) is 3. The molecular formula is C7H20O3. The summed E-state index contributed by atoms with van der Waals surface area (Å²) in [4.78, 5) is 0. The van der Waals surface area contributed by atoms with Crippen molar-refractivity contribution in [2.45, 2.75) is 32.8 Å². The molecule has 0 amide bonds. The van der Waals surface area contributed by atoms with Gasteiger partial charge in [-0.25, -0.2) is 0 Å². The molecule has 10 heavy (non-hydrogen) atoms. The highest BCUT2D eigenvalue weighted by atomic mass is 16.3. The molecule has 0 aromatic rings. The smallest absolute Gasteiger partial charge is 0.0512 e. The van der Waals surface area contributed by atoms with Gasteiger partial charge in [-0.3, -0.25) is 0 Å². The maximum absolute atomic E-state index is 8.55. The van der Waals surface area contributed by atoms with Crippen molar-refractivity contribution in [3.8, 4) is 0 Å². The lowest BCUT2D eigenvalue weighted by atomic mass is 10.2. The third-order valence-electron chi connectivity index (χ3n) is 0.706. The molecule has 0 aliphatic rings.